The molecule has 4 aromatic heterocycles. The number of hydrogen-bond donors (Lipinski definition) is 0. The minimum Gasteiger partial charge on any atom is -0.486 e. The first kappa shape index (κ1) is 17.9. The second-order valence-electron chi connectivity index (χ2n) is 7.29. The highest BCUT2D eigenvalue weighted by atomic mass is 32.1. The number of hydrogen-bond acceptors (Lipinski definition) is 6. The third-order valence-corrected chi connectivity index (χ3v) is 6.08. The zero-order chi connectivity index (χ0) is 20.1. The number of nitrogens with zero attached hydrogens (tertiary/aromatic N) is 4. The molecule has 7 heteroatoms. The molecule has 0 radical (unpaired) electrons. The number of rotatable bonds is 4. The van der Waals surface area contributed by atoms with Crippen molar-refractivity contribution in [1.29, 1.82) is 0 Å². The topological polar surface area (TPSA) is 65.5 Å². The molecule has 0 spiro atoms. The highest BCUT2D eigenvalue weighted by molar-refractivity contribution is 7.18. The summed E-state index contributed by atoms with van der Waals surface area (Å²) in [6.45, 7) is 8.67. The van der Waals surface area contributed by atoms with Gasteiger partial charge < -0.3 is 9.15 Å². The minimum absolute atomic E-state index is 0.352. The van der Waals surface area contributed by atoms with E-state index in [1.54, 1.807) is 22.2 Å². The van der Waals surface area contributed by atoms with Gasteiger partial charge in [-0.1, -0.05) is 6.07 Å². The Morgan fingerprint density at radius 3 is 2.66 bits per heavy atom. The molecule has 5 rings (SSSR count). The van der Waals surface area contributed by atoms with Crippen molar-refractivity contribution in [2.45, 2.75) is 34.3 Å². The second-order valence-corrected chi connectivity index (χ2v) is 8.49. The number of benzene rings is 1. The first-order chi connectivity index (χ1) is 14.0. The Balaban J connectivity index is 1.44. The molecule has 6 nitrogen and oxygen atoms in total. The van der Waals surface area contributed by atoms with Crippen LogP contribution in [0.3, 0.4) is 0 Å². The Morgan fingerprint density at radius 1 is 1.07 bits per heavy atom. The van der Waals surface area contributed by atoms with Gasteiger partial charge in [0, 0.05) is 4.88 Å². The van der Waals surface area contributed by atoms with E-state index in [1.807, 2.05) is 24.3 Å². The zero-order valence-electron chi connectivity index (χ0n) is 16.7. The van der Waals surface area contributed by atoms with Gasteiger partial charge in [-0.2, -0.15) is 0 Å². The van der Waals surface area contributed by atoms with Gasteiger partial charge in [0.05, 0.1) is 5.39 Å². The lowest BCUT2D eigenvalue weighted by molar-refractivity contribution is 0.271. The van der Waals surface area contributed by atoms with E-state index in [-0.39, 0.29) is 0 Å². The van der Waals surface area contributed by atoms with E-state index in [1.165, 1.54) is 21.6 Å². The van der Waals surface area contributed by atoms with E-state index in [0.29, 0.717) is 18.2 Å². The summed E-state index contributed by atoms with van der Waals surface area (Å²) in [4.78, 5) is 11.5. The summed E-state index contributed by atoms with van der Waals surface area (Å²) < 4.78 is 13.6. The highest BCUT2D eigenvalue weighted by Crippen LogP contribution is 2.32. The number of aryl methyl sites for hydroxylation is 4. The number of thiophene rings is 1. The van der Waals surface area contributed by atoms with Gasteiger partial charge in [-0.25, -0.2) is 14.5 Å². The number of aromatic nitrogens is 4. The maximum atomic E-state index is 5.95. The molecule has 0 saturated carbocycles. The van der Waals surface area contributed by atoms with Crippen molar-refractivity contribution in [2.75, 3.05) is 0 Å². The number of fused-ring (bicyclic) bond motifs is 3. The lowest BCUT2D eigenvalue weighted by Crippen LogP contribution is -1.94. The first-order valence-corrected chi connectivity index (χ1v) is 10.2. The molecular formula is C22H20N4O2S. The van der Waals surface area contributed by atoms with Gasteiger partial charge in [-0.15, -0.1) is 16.4 Å². The molecule has 1 aromatic carbocycles. The molecule has 0 N–H and O–H groups in total. The fourth-order valence-electron chi connectivity index (χ4n) is 3.50. The minimum atomic E-state index is 0.352. The van der Waals surface area contributed by atoms with Crippen LogP contribution in [0.15, 0.2) is 41.1 Å². The summed E-state index contributed by atoms with van der Waals surface area (Å²) in [5, 5.41) is 5.61. The fraction of sp³-hybridized carbons (Fsp3) is 0.227. The van der Waals surface area contributed by atoms with Crippen LogP contribution in [-0.4, -0.2) is 19.6 Å². The maximum absolute atomic E-state index is 5.95. The molecule has 0 aliphatic heterocycles. The van der Waals surface area contributed by atoms with Gasteiger partial charge in [0.1, 0.15) is 29.3 Å². The van der Waals surface area contributed by atoms with Gasteiger partial charge in [-0.3, -0.25) is 0 Å². The van der Waals surface area contributed by atoms with E-state index >= 15 is 0 Å². The predicted molar refractivity (Wildman–Crippen MR) is 114 cm³/mol. The summed E-state index contributed by atoms with van der Waals surface area (Å²) in [6, 6.07) is 9.94. The molecule has 0 amide bonds. The molecule has 0 fully saturated rings. The Hall–Kier alpha value is -3.19. The first-order valence-electron chi connectivity index (χ1n) is 9.39. The SMILES string of the molecule is Cc1cc(C)cc(OCc2ccc(-c3nc4c5c(C)c(C)sc5ncn4n3)o2)c1. The van der Waals surface area contributed by atoms with Gasteiger partial charge >= 0.3 is 0 Å². The van der Waals surface area contributed by atoms with Crippen molar-refractivity contribution in [2.24, 2.45) is 0 Å². The summed E-state index contributed by atoms with van der Waals surface area (Å²) in [5.74, 6) is 2.72. The average molecular weight is 404 g/mol. The summed E-state index contributed by atoms with van der Waals surface area (Å²) >= 11 is 1.68. The van der Waals surface area contributed by atoms with E-state index in [4.69, 9.17) is 14.1 Å². The lowest BCUT2D eigenvalue weighted by atomic mass is 10.1. The summed E-state index contributed by atoms with van der Waals surface area (Å²) in [5.41, 5.74) is 4.35. The van der Waals surface area contributed by atoms with Crippen LogP contribution in [0.4, 0.5) is 0 Å². The quantitative estimate of drug-likeness (QED) is 0.401. The third-order valence-electron chi connectivity index (χ3n) is 4.96. The van der Waals surface area contributed by atoms with E-state index in [9.17, 15) is 0 Å². The van der Waals surface area contributed by atoms with Crippen molar-refractivity contribution in [1.82, 2.24) is 19.6 Å². The Bertz CT molecular complexity index is 1340. The Kier molecular flexibility index (Phi) is 4.13. The zero-order valence-corrected chi connectivity index (χ0v) is 17.5. The summed E-state index contributed by atoms with van der Waals surface area (Å²) in [6.07, 6.45) is 1.70. The van der Waals surface area contributed by atoms with Crippen molar-refractivity contribution in [3.05, 3.63) is 64.0 Å². The van der Waals surface area contributed by atoms with Crippen molar-refractivity contribution < 1.29 is 9.15 Å². The summed E-state index contributed by atoms with van der Waals surface area (Å²) in [7, 11) is 0. The van der Waals surface area contributed by atoms with Crippen molar-refractivity contribution >= 4 is 27.2 Å². The van der Waals surface area contributed by atoms with Crippen LogP contribution in [-0.2, 0) is 6.61 Å². The molecule has 0 bridgehead atoms. The van der Waals surface area contributed by atoms with Crippen LogP contribution < -0.4 is 4.74 Å². The highest BCUT2D eigenvalue weighted by Gasteiger charge is 2.17. The molecule has 0 aliphatic rings. The second kappa shape index (κ2) is 6.70. The van der Waals surface area contributed by atoms with Crippen LogP contribution in [0.2, 0.25) is 0 Å². The third kappa shape index (κ3) is 3.17. The molecule has 0 unspecified atom stereocenters. The monoisotopic (exact) mass is 404 g/mol. The Morgan fingerprint density at radius 2 is 1.86 bits per heavy atom. The fourth-order valence-corrected chi connectivity index (χ4v) is 4.49. The van der Waals surface area contributed by atoms with E-state index < -0.39 is 0 Å². The molecule has 4 heterocycles. The lowest BCUT2D eigenvalue weighted by Gasteiger charge is -2.06. The van der Waals surface area contributed by atoms with Crippen LogP contribution in [0.1, 0.15) is 27.3 Å². The molecule has 29 heavy (non-hydrogen) atoms. The van der Waals surface area contributed by atoms with Gasteiger partial charge in [-0.05, 0) is 68.7 Å². The predicted octanol–water partition coefficient (Wildman–Crippen LogP) is 5.41. The van der Waals surface area contributed by atoms with Gasteiger partial charge in [0.2, 0.25) is 5.82 Å². The molecule has 146 valence electrons. The normalized spacial score (nSPS) is 11.6. The molecule has 0 aliphatic carbocycles. The molecule has 5 aromatic rings. The van der Waals surface area contributed by atoms with E-state index in [0.717, 1.165) is 27.4 Å². The Labute approximate surface area is 171 Å². The van der Waals surface area contributed by atoms with Gasteiger partial charge in [0.15, 0.2) is 11.4 Å². The van der Waals surface area contributed by atoms with Crippen molar-refractivity contribution in [3.8, 4) is 17.3 Å². The largest absolute Gasteiger partial charge is 0.486 e. The van der Waals surface area contributed by atoms with Crippen LogP contribution >= 0.6 is 11.3 Å². The number of furan rings is 1. The smallest absolute Gasteiger partial charge is 0.217 e. The number of ether oxygens (including phenoxy) is 1. The molecular weight excluding hydrogens is 384 g/mol. The molecule has 0 atom stereocenters. The van der Waals surface area contributed by atoms with E-state index in [2.05, 4.69) is 43.8 Å². The van der Waals surface area contributed by atoms with Crippen LogP contribution in [0.5, 0.6) is 5.75 Å². The van der Waals surface area contributed by atoms with Crippen LogP contribution in [0.25, 0.3) is 27.4 Å². The average Bonchev–Trinajstić information content (AvgIpc) is 3.37. The van der Waals surface area contributed by atoms with Crippen LogP contribution in [0, 0.1) is 27.7 Å². The standard InChI is InChI=1S/C22H20N4O2S/c1-12-7-13(2)9-17(8-12)27-10-16-5-6-18(28-16)20-24-21-19-14(3)15(4)29-22(19)23-11-26(21)25-20/h5-9,11H,10H2,1-4H3. The molecule has 0 saturated heterocycles. The van der Waals surface area contributed by atoms with Crippen molar-refractivity contribution in [3.63, 3.8) is 0 Å². The maximum Gasteiger partial charge on any atom is 0.217 e. The van der Waals surface area contributed by atoms with Gasteiger partial charge in [0.25, 0.3) is 0 Å².